The van der Waals surface area contributed by atoms with E-state index in [0.29, 0.717) is 0 Å². The van der Waals surface area contributed by atoms with Gasteiger partial charge in [0.2, 0.25) is 0 Å². The third-order valence-electron chi connectivity index (χ3n) is 0.118. The van der Waals surface area contributed by atoms with Crippen molar-refractivity contribution in [1.82, 2.24) is 0 Å². The summed E-state index contributed by atoms with van der Waals surface area (Å²) in [6, 6.07) is 0. The van der Waals surface area contributed by atoms with E-state index in [9.17, 15) is 5.11 Å². The third kappa shape index (κ3) is 13.5. The molecule has 0 fully saturated rings. The number of hydrogen-bond donors (Lipinski definition) is 0. The maximum absolute atomic E-state index is 9.18. The molecule has 0 aliphatic carbocycles. The van der Waals surface area contributed by atoms with Gasteiger partial charge < -0.3 is 5.11 Å². The first-order valence-electron chi connectivity index (χ1n) is 1.11. The molecule has 0 N–H and O–H groups in total. The molecule has 0 amide bonds. The molecule has 0 aliphatic rings. The molecule has 0 radical (unpaired) electrons. The molecule has 0 aromatic rings. The average molecular weight is 64.0 g/mol. The van der Waals surface area contributed by atoms with Crippen molar-refractivity contribution in [2.45, 2.75) is 0 Å². The number of rotatable bonds is 1. The van der Waals surface area contributed by atoms with Gasteiger partial charge in [0.1, 0.15) is 0 Å². The first-order valence-corrected chi connectivity index (χ1v) is 1.11. The van der Waals surface area contributed by atoms with E-state index in [0.717, 1.165) is 0 Å². The van der Waals surface area contributed by atoms with Gasteiger partial charge in [-0.2, -0.15) is 0 Å². The van der Waals surface area contributed by atoms with E-state index in [1.54, 1.807) is 0 Å². The van der Waals surface area contributed by atoms with Crippen molar-refractivity contribution >= 4 is 0 Å². The van der Waals surface area contributed by atoms with E-state index in [1.165, 1.54) is 6.08 Å². The van der Waals surface area contributed by atoms with Gasteiger partial charge in [-0.25, -0.2) is 0 Å². The fraction of sp³-hybridized carbons (Fsp3) is 0.333. The topological polar surface area (TPSA) is 23.1 Å². The van der Waals surface area contributed by atoms with Crippen molar-refractivity contribution < 1.29 is 24.0 Å². The molecule has 0 spiro atoms. The summed E-state index contributed by atoms with van der Waals surface area (Å²) < 4.78 is 0. The third-order valence-corrected chi connectivity index (χ3v) is 0.118. The summed E-state index contributed by atoms with van der Waals surface area (Å²) in [5, 5.41) is 9.18. The summed E-state index contributed by atoms with van der Waals surface area (Å²) >= 11 is 0. The van der Waals surface area contributed by atoms with E-state index in [-0.39, 0.29) is 25.5 Å². The molecule has 0 aromatic heterocycles. The van der Waals surface area contributed by atoms with Gasteiger partial charge in [-0.05, 0) is 0 Å². The van der Waals surface area contributed by atoms with E-state index in [2.05, 4.69) is 6.58 Å². The van der Waals surface area contributed by atoms with Crippen LogP contribution in [0.3, 0.4) is 0 Å². The van der Waals surface area contributed by atoms with Crippen LogP contribution in [-0.2, 0) is 0 Å². The molecule has 2 heteroatoms. The number of hydrogen-bond acceptors (Lipinski definition) is 1. The molecule has 0 aromatic carbocycles. The van der Waals surface area contributed by atoms with E-state index in [1.807, 2.05) is 0 Å². The summed E-state index contributed by atoms with van der Waals surface area (Å²) in [6.07, 6.45) is 1.32. The Kier molecular flexibility index (Phi) is 15.9. The Balaban J connectivity index is 0. The molecular formula is C3H5LiO. The molecule has 0 aliphatic heterocycles. The molecule has 5 heavy (non-hydrogen) atoms. The zero-order valence-corrected chi connectivity index (χ0v) is 3.40. The van der Waals surface area contributed by atoms with Crippen molar-refractivity contribution in [3.8, 4) is 0 Å². The molecule has 0 saturated carbocycles. The predicted octanol–water partition coefficient (Wildman–Crippen LogP) is -3.46. The minimum absolute atomic E-state index is 0. The summed E-state index contributed by atoms with van der Waals surface area (Å²) in [4.78, 5) is 0. The van der Waals surface area contributed by atoms with Crippen molar-refractivity contribution in [3.05, 3.63) is 12.7 Å². The van der Waals surface area contributed by atoms with Crippen LogP contribution < -0.4 is 24.0 Å². The van der Waals surface area contributed by atoms with Gasteiger partial charge >= 0.3 is 18.9 Å². The van der Waals surface area contributed by atoms with Gasteiger partial charge in [-0.1, -0.05) is 0 Å². The van der Waals surface area contributed by atoms with Crippen molar-refractivity contribution in [2.24, 2.45) is 0 Å². The molecular weight excluding hydrogens is 59.0 g/mol. The summed E-state index contributed by atoms with van der Waals surface area (Å²) in [5.41, 5.74) is 0. The Morgan fingerprint density at radius 2 is 2.00 bits per heavy atom. The molecule has 24 valence electrons. The quantitative estimate of drug-likeness (QED) is 0.229. The largest absolute Gasteiger partial charge is 1.00 e. The Hall–Kier alpha value is 0.297. The maximum atomic E-state index is 9.18. The Morgan fingerprint density at radius 3 is 2.00 bits per heavy atom. The molecule has 0 rings (SSSR count). The first kappa shape index (κ1) is 9.00. The molecule has 0 unspecified atom stereocenters. The monoisotopic (exact) mass is 64.1 g/mol. The zero-order chi connectivity index (χ0) is 3.41. The Bertz CT molecular complexity index is 20.9. The molecule has 0 heterocycles. The van der Waals surface area contributed by atoms with E-state index < -0.39 is 0 Å². The summed E-state index contributed by atoms with van der Waals surface area (Å²) in [7, 11) is 0. The van der Waals surface area contributed by atoms with E-state index >= 15 is 0 Å². The molecule has 0 atom stereocenters. The fourth-order valence-electron chi connectivity index (χ4n) is 0. The van der Waals surface area contributed by atoms with Crippen molar-refractivity contribution in [1.29, 1.82) is 0 Å². The predicted molar refractivity (Wildman–Crippen MR) is 15.1 cm³/mol. The summed E-state index contributed by atoms with van der Waals surface area (Å²) in [5.74, 6) is 0. The van der Waals surface area contributed by atoms with Crippen LogP contribution in [0.5, 0.6) is 0 Å². The fourth-order valence-corrected chi connectivity index (χ4v) is 0. The SMILES string of the molecule is C=CC[O-].[Li+]. The molecule has 0 bridgehead atoms. The van der Waals surface area contributed by atoms with Crippen LogP contribution in [0, 0.1) is 0 Å². The smallest absolute Gasteiger partial charge is 0.851 e. The van der Waals surface area contributed by atoms with Gasteiger partial charge in [-0.15, -0.1) is 19.3 Å². The first-order chi connectivity index (χ1) is 1.91. The van der Waals surface area contributed by atoms with Gasteiger partial charge in [0.15, 0.2) is 0 Å². The molecule has 1 nitrogen and oxygen atoms in total. The average Bonchev–Trinajstić information content (AvgIpc) is 1.37. The van der Waals surface area contributed by atoms with Gasteiger partial charge in [0.25, 0.3) is 0 Å². The van der Waals surface area contributed by atoms with E-state index in [4.69, 9.17) is 0 Å². The minimum atomic E-state index is -0.167. The normalized spacial score (nSPS) is 5.00. The maximum Gasteiger partial charge on any atom is 1.00 e. The van der Waals surface area contributed by atoms with Crippen LogP contribution in [0.1, 0.15) is 0 Å². The van der Waals surface area contributed by atoms with Gasteiger partial charge in [-0.3, -0.25) is 0 Å². The minimum Gasteiger partial charge on any atom is -0.851 e. The van der Waals surface area contributed by atoms with Crippen LogP contribution in [0.15, 0.2) is 12.7 Å². The van der Waals surface area contributed by atoms with Crippen LogP contribution in [0.2, 0.25) is 0 Å². The van der Waals surface area contributed by atoms with Crippen LogP contribution in [0.4, 0.5) is 0 Å². The van der Waals surface area contributed by atoms with Gasteiger partial charge in [0.05, 0.1) is 0 Å². The Labute approximate surface area is 43.9 Å². The zero-order valence-electron chi connectivity index (χ0n) is 3.40. The van der Waals surface area contributed by atoms with Crippen LogP contribution >= 0.6 is 0 Å². The Morgan fingerprint density at radius 1 is 1.80 bits per heavy atom. The van der Waals surface area contributed by atoms with Crippen LogP contribution in [-0.4, -0.2) is 6.61 Å². The van der Waals surface area contributed by atoms with Gasteiger partial charge in [0, 0.05) is 0 Å². The molecule has 0 saturated heterocycles. The second-order valence-electron chi connectivity index (χ2n) is 0.455. The van der Waals surface area contributed by atoms with Crippen molar-refractivity contribution in [2.75, 3.05) is 6.61 Å². The summed E-state index contributed by atoms with van der Waals surface area (Å²) in [6.45, 7) is 3.00. The van der Waals surface area contributed by atoms with Crippen molar-refractivity contribution in [3.63, 3.8) is 0 Å². The van der Waals surface area contributed by atoms with Crippen LogP contribution in [0.25, 0.3) is 0 Å². The second kappa shape index (κ2) is 8.85. The second-order valence-corrected chi connectivity index (χ2v) is 0.455. The standard InChI is InChI=1S/C3H5O.Li/c1-2-3-4;/h2H,1,3H2;/q-1;+1.